The van der Waals surface area contributed by atoms with Crippen molar-refractivity contribution in [3.05, 3.63) is 18.2 Å². The van der Waals surface area contributed by atoms with Gasteiger partial charge in [-0.25, -0.2) is 0 Å². The Hall–Kier alpha value is -2.28. The molecule has 4 rings (SSSR count). The van der Waals surface area contributed by atoms with E-state index >= 15 is 0 Å². The maximum Gasteiger partial charge on any atom is 0.249 e. The lowest BCUT2D eigenvalue weighted by atomic mass is 10.0. The number of imide groups is 1. The van der Waals surface area contributed by atoms with E-state index in [0.717, 1.165) is 43.1 Å². The fraction of sp³-hybridized carbons (Fsp3) is 0.600. The number of carbonyl (C=O) groups excluding carboxylic acids is 2. The number of piperidine rings is 2. The summed E-state index contributed by atoms with van der Waals surface area (Å²) in [7, 11) is 2.02. The number of nitrogens with zero attached hydrogens (tertiary/aromatic N) is 2. The van der Waals surface area contributed by atoms with E-state index in [4.69, 9.17) is 4.74 Å². The zero-order valence-electron chi connectivity index (χ0n) is 16.0. The van der Waals surface area contributed by atoms with E-state index in [0.29, 0.717) is 25.4 Å². The fourth-order valence-electron chi connectivity index (χ4n) is 4.41. The van der Waals surface area contributed by atoms with Crippen LogP contribution in [0.2, 0.25) is 0 Å². The van der Waals surface area contributed by atoms with Crippen LogP contribution in [0.5, 0.6) is 5.75 Å². The molecule has 2 atom stereocenters. The van der Waals surface area contributed by atoms with E-state index in [1.807, 2.05) is 26.1 Å². The number of amides is 2. The number of para-hydroxylation sites is 1. The molecule has 7 nitrogen and oxygen atoms in total. The molecule has 0 bridgehead atoms. The summed E-state index contributed by atoms with van der Waals surface area (Å²) in [6, 6.07) is 6.42. The highest BCUT2D eigenvalue weighted by molar-refractivity contribution is 6.02. The molecule has 3 aliphatic heterocycles. The first-order valence-corrected chi connectivity index (χ1v) is 9.89. The van der Waals surface area contributed by atoms with Crippen molar-refractivity contribution >= 4 is 23.2 Å². The van der Waals surface area contributed by atoms with Gasteiger partial charge < -0.3 is 19.9 Å². The normalized spacial score (nSPS) is 26.4. The summed E-state index contributed by atoms with van der Waals surface area (Å²) in [5.41, 5.74) is 2.06. The minimum absolute atomic E-state index is 0.0149. The number of carbonyl (C=O) groups is 2. The molecule has 3 aliphatic rings. The number of rotatable bonds is 3. The van der Waals surface area contributed by atoms with Gasteiger partial charge in [0.25, 0.3) is 0 Å². The van der Waals surface area contributed by atoms with Crippen LogP contribution in [-0.4, -0.2) is 56.7 Å². The van der Waals surface area contributed by atoms with Gasteiger partial charge in [-0.3, -0.25) is 14.9 Å². The number of fused-ring (bicyclic) bond motifs is 1. The van der Waals surface area contributed by atoms with Gasteiger partial charge in [0.1, 0.15) is 12.1 Å². The topological polar surface area (TPSA) is 73.9 Å². The van der Waals surface area contributed by atoms with Gasteiger partial charge in [0.2, 0.25) is 11.8 Å². The van der Waals surface area contributed by atoms with Gasteiger partial charge >= 0.3 is 0 Å². The minimum Gasteiger partial charge on any atom is -0.485 e. The smallest absolute Gasteiger partial charge is 0.249 e. The predicted octanol–water partition coefficient (Wildman–Crippen LogP) is 1.27. The Kier molecular flexibility index (Phi) is 4.95. The minimum atomic E-state index is -0.321. The Balaban J connectivity index is 1.63. The molecular formula is C20H28N4O3. The zero-order chi connectivity index (χ0) is 19.0. The van der Waals surface area contributed by atoms with Crippen molar-refractivity contribution in [2.24, 2.45) is 0 Å². The van der Waals surface area contributed by atoms with Crippen LogP contribution >= 0.6 is 0 Å². The maximum absolute atomic E-state index is 12.4. The quantitative estimate of drug-likeness (QED) is 0.779. The van der Waals surface area contributed by atoms with Crippen molar-refractivity contribution in [2.45, 2.75) is 50.8 Å². The Labute approximate surface area is 160 Å². The lowest BCUT2D eigenvalue weighted by Crippen LogP contribution is -2.55. The van der Waals surface area contributed by atoms with Crippen LogP contribution in [0.4, 0.5) is 11.4 Å². The Bertz CT molecular complexity index is 730. The summed E-state index contributed by atoms with van der Waals surface area (Å²) in [5.74, 6) is 0.481. The molecule has 146 valence electrons. The average molecular weight is 372 g/mol. The van der Waals surface area contributed by atoms with Crippen LogP contribution in [0.15, 0.2) is 18.2 Å². The van der Waals surface area contributed by atoms with Gasteiger partial charge in [0.15, 0.2) is 5.75 Å². The monoisotopic (exact) mass is 372 g/mol. The molecule has 0 saturated carbocycles. The van der Waals surface area contributed by atoms with Crippen molar-refractivity contribution in [1.82, 2.24) is 10.6 Å². The highest BCUT2D eigenvalue weighted by Gasteiger charge is 2.37. The van der Waals surface area contributed by atoms with Crippen LogP contribution in [0.25, 0.3) is 0 Å². The molecule has 2 N–H and O–H groups in total. The largest absolute Gasteiger partial charge is 0.485 e. The SMILES string of the molecule is CNC1CCN(c2cccc3c2OC(C)CN3C2CCC(=O)NC2=O)CC1. The van der Waals surface area contributed by atoms with E-state index < -0.39 is 0 Å². The Morgan fingerprint density at radius 2 is 1.89 bits per heavy atom. The summed E-state index contributed by atoms with van der Waals surface area (Å²) >= 11 is 0. The molecule has 3 heterocycles. The van der Waals surface area contributed by atoms with E-state index in [9.17, 15) is 9.59 Å². The summed E-state index contributed by atoms with van der Waals surface area (Å²) in [6.07, 6.45) is 3.13. The van der Waals surface area contributed by atoms with E-state index in [1.54, 1.807) is 0 Å². The Morgan fingerprint density at radius 3 is 2.59 bits per heavy atom. The zero-order valence-corrected chi connectivity index (χ0v) is 16.0. The number of hydrogen-bond acceptors (Lipinski definition) is 6. The predicted molar refractivity (Wildman–Crippen MR) is 104 cm³/mol. The summed E-state index contributed by atoms with van der Waals surface area (Å²) in [6.45, 7) is 4.65. The number of nitrogens with one attached hydrogen (secondary N) is 2. The second kappa shape index (κ2) is 7.38. The second-order valence-electron chi connectivity index (χ2n) is 7.72. The number of ether oxygens (including phenoxy) is 1. The fourth-order valence-corrected chi connectivity index (χ4v) is 4.41. The lowest BCUT2D eigenvalue weighted by molar-refractivity contribution is -0.134. The third-order valence-electron chi connectivity index (χ3n) is 5.89. The van der Waals surface area contributed by atoms with Crippen LogP contribution in [0, 0.1) is 0 Å². The maximum atomic E-state index is 12.4. The molecule has 2 saturated heterocycles. The molecule has 2 unspecified atom stereocenters. The van der Waals surface area contributed by atoms with Crippen molar-refractivity contribution < 1.29 is 14.3 Å². The number of hydrogen-bond donors (Lipinski definition) is 2. The standard InChI is InChI=1S/C20H28N4O3/c1-13-12-24(17-6-7-18(25)22-20(17)26)16-5-3-4-15(19(16)27-13)23-10-8-14(21-2)9-11-23/h3-5,13-14,17,21H,6-12H2,1-2H3,(H,22,25,26). The van der Waals surface area contributed by atoms with Crippen molar-refractivity contribution in [3.8, 4) is 5.75 Å². The number of benzene rings is 1. The molecule has 1 aromatic carbocycles. The molecule has 2 fully saturated rings. The molecule has 0 aromatic heterocycles. The van der Waals surface area contributed by atoms with Gasteiger partial charge in [-0.05, 0) is 45.4 Å². The third-order valence-corrected chi connectivity index (χ3v) is 5.89. The van der Waals surface area contributed by atoms with Crippen LogP contribution in [0.1, 0.15) is 32.6 Å². The van der Waals surface area contributed by atoms with Gasteiger partial charge in [0.05, 0.1) is 17.9 Å². The average Bonchev–Trinajstić information content (AvgIpc) is 2.67. The second-order valence-corrected chi connectivity index (χ2v) is 7.72. The molecular weight excluding hydrogens is 344 g/mol. The molecule has 0 aliphatic carbocycles. The van der Waals surface area contributed by atoms with Crippen LogP contribution < -0.4 is 25.2 Å². The first kappa shape index (κ1) is 18.1. The molecule has 0 spiro atoms. The van der Waals surface area contributed by atoms with Gasteiger partial charge in [-0.1, -0.05) is 6.07 Å². The van der Waals surface area contributed by atoms with Crippen molar-refractivity contribution in [2.75, 3.05) is 36.5 Å². The molecule has 2 amide bonds. The van der Waals surface area contributed by atoms with Gasteiger partial charge in [0, 0.05) is 25.6 Å². The third kappa shape index (κ3) is 3.48. The summed E-state index contributed by atoms with van der Waals surface area (Å²) < 4.78 is 6.25. The number of anilines is 2. The first-order valence-electron chi connectivity index (χ1n) is 9.89. The Morgan fingerprint density at radius 1 is 1.15 bits per heavy atom. The molecule has 7 heteroatoms. The highest BCUT2D eigenvalue weighted by Crippen LogP contribution is 2.43. The molecule has 0 radical (unpaired) electrons. The summed E-state index contributed by atoms with van der Waals surface area (Å²) in [4.78, 5) is 28.5. The van der Waals surface area contributed by atoms with E-state index in [-0.39, 0.29) is 24.0 Å². The summed E-state index contributed by atoms with van der Waals surface area (Å²) in [5, 5.41) is 5.85. The van der Waals surface area contributed by atoms with E-state index in [1.165, 1.54) is 0 Å². The van der Waals surface area contributed by atoms with Crippen molar-refractivity contribution in [1.29, 1.82) is 0 Å². The first-order chi connectivity index (χ1) is 13.1. The van der Waals surface area contributed by atoms with Gasteiger partial charge in [-0.2, -0.15) is 0 Å². The molecule has 1 aromatic rings. The van der Waals surface area contributed by atoms with Gasteiger partial charge in [-0.15, -0.1) is 0 Å². The van der Waals surface area contributed by atoms with Crippen molar-refractivity contribution in [3.63, 3.8) is 0 Å². The van der Waals surface area contributed by atoms with Crippen LogP contribution in [-0.2, 0) is 9.59 Å². The van der Waals surface area contributed by atoms with E-state index in [2.05, 4.69) is 26.5 Å². The molecule has 27 heavy (non-hydrogen) atoms. The van der Waals surface area contributed by atoms with Crippen LogP contribution in [0.3, 0.4) is 0 Å². The lowest BCUT2D eigenvalue weighted by Gasteiger charge is -2.42. The highest BCUT2D eigenvalue weighted by atomic mass is 16.5.